The Labute approximate surface area is 107 Å². The van der Waals surface area contributed by atoms with Gasteiger partial charge in [-0.15, -0.1) is 0 Å². The van der Waals surface area contributed by atoms with Gasteiger partial charge in [0.25, 0.3) is 0 Å². The van der Waals surface area contributed by atoms with Gasteiger partial charge >= 0.3 is 0 Å². The first-order valence-corrected chi connectivity index (χ1v) is 6.64. The minimum Gasteiger partial charge on any atom is -0.456 e. The van der Waals surface area contributed by atoms with Crippen LogP contribution < -0.4 is 0 Å². The van der Waals surface area contributed by atoms with E-state index in [4.69, 9.17) is 4.42 Å². The molecule has 92 valence electrons. The number of hydrogen-bond acceptors (Lipinski definition) is 1. The average Bonchev–Trinajstić information content (AvgIpc) is 2.75. The van der Waals surface area contributed by atoms with Gasteiger partial charge in [0.05, 0.1) is 0 Å². The first kappa shape index (κ1) is 11.3. The Balaban J connectivity index is 2.41. The van der Waals surface area contributed by atoms with Crippen LogP contribution in [0.25, 0.3) is 21.9 Å². The summed E-state index contributed by atoms with van der Waals surface area (Å²) in [6, 6.07) is 12.9. The number of rotatable bonds is 2. The highest BCUT2D eigenvalue weighted by Gasteiger charge is 2.12. The van der Waals surface area contributed by atoms with Crippen LogP contribution in [0.5, 0.6) is 0 Å². The van der Waals surface area contributed by atoms with Crippen LogP contribution in [0.2, 0.25) is 0 Å². The Bertz CT molecular complexity index is 704. The second-order valence-corrected chi connectivity index (χ2v) is 5.16. The molecule has 0 radical (unpaired) electrons. The molecule has 18 heavy (non-hydrogen) atoms. The maximum Gasteiger partial charge on any atom is 0.135 e. The van der Waals surface area contributed by atoms with E-state index in [-0.39, 0.29) is 0 Å². The fourth-order valence-electron chi connectivity index (χ4n) is 2.60. The monoisotopic (exact) mass is 238 g/mol. The SMILES string of the molecule is CCc1ccc2c(c1)oc1cccc(C(C)C)c12. The van der Waals surface area contributed by atoms with Gasteiger partial charge in [-0.1, -0.05) is 45.0 Å². The van der Waals surface area contributed by atoms with Crippen LogP contribution in [-0.2, 0) is 6.42 Å². The topological polar surface area (TPSA) is 13.1 Å². The molecule has 0 N–H and O–H groups in total. The molecular formula is C17H18O. The van der Waals surface area contributed by atoms with E-state index in [1.807, 2.05) is 0 Å². The summed E-state index contributed by atoms with van der Waals surface area (Å²) in [6.45, 7) is 6.63. The molecule has 0 aliphatic rings. The molecule has 1 heteroatoms. The van der Waals surface area contributed by atoms with Crippen molar-refractivity contribution in [3.05, 3.63) is 47.5 Å². The Hall–Kier alpha value is -1.76. The van der Waals surface area contributed by atoms with Gasteiger partial charge in [-0.05, 0) is 35.6 Å². The Morgan fingerprint density at radius 1 is 1.06 bits per heavy atom. The molecule has 0 aliphatic carbocycles. The lowest BCUT2D eigenvalue weighted by Crippen LogP contribution is -1.87. The first-order valence-electron chi connectivity index (χ1n) is 6.64. The summed E-state index contributed by atoms with van der Waals surface area (Å²) in [5.41, 5.74) is 4.71. The van der Waals surface area contributed by atoms with E-state index in [1.54, 1.807) is 0 Å². The first-order chi connectivity index (χ1) is 8.70. The van der Waals surface area contributed by atoms with Crippen molar-refractivity contribution in [1.82, 2.24) is 0 Å². The van der Waals surface area contributed by atoms with Crippen molar-refractivity contribution in [2.24, 2.45) is 0 Å². The van der Waals surface area contributed by atoms with Gasteiger partial charge in [0.15, 0.2) is 0 Å². The lowest BCUT2D eigenvalue weighted by Gasteiger charge is -2.06. The van der Waals surface area contributed by atoms with Gasteiger partial charge in [0.1, 0.15) is 11.2 Å². The zero-order chi connectivity index (χ0) is 12.7. The molecular weight excluding hydrogens is 220 g/mol. The summed E-state index contributed by atoms with van der Waals surface area (Å²) in [5.74, 6) is 0.514. The van der Waals surface area contributed by atoms with Gasteiger partial charge < -0.3 is 4.42 Å². The lowest BCUT2D eigenvalue weighted by atomic mass is 9.97. The summed E-state index contributed by atoms with van der Waals surface area (Å²) in [4.78, 5) is 0. The molecule has 0 atom stereocenters. The van der Waals surface area contributed by atoms with Crippen molar-refractivity contribution in [1.29, 1.82) is 0 Å². The number of fused-ring (bicyclic) bond motifs is 3. The zero-order valence-corrected chi connectivity index (χ0v) is 11.2. The summed E-state index contributed by atoms with van der Waals surface area (Å²) in [5, 5.41) is 2.52. The molecule has 0 saturated carbocycles. The van der Waals surface area contributed by atoms with Gasteiger partial charge in [-0.25, -0.2) is 0 Å². The predicted molar refractivity (Wildman–Crippen MR) is 77.2 cm³/mol. The van der Waals surface area contributed by atoms with Crippen LogP contribution in [0.1, 0.15) is 37.8 Å². The predicted octanol–water partition coefficient (Wildman–Crippen LogP) is 5.27. The smallest absolute Gasteiger partial charge is 0.135 e. The van der Waals surface area contributed by atoms with Crippen LogP contribution in [0.15, 0.2) is 40.8 Å². The van der Waals surface area contributed by atoms with Crippen molar-refractivity contribution >= 4 is 21.9 Å². The van der Waals surface area contributed by atoms with E-state index in [9.17, 15) is 0 Å². The van der Waals surface area contributed by atoms with Gasteiger partial charge in [-0.3, -0.25) is 0 Å². The third kappa shape index (κ3) is 1.62. The maximum absolute atomic E-state index is 5.99. The molecule has 0 spiro atoms. The van der Waals surface area contributed by atoms with Crippen molar-refractivity contribution in [3.63, 3.8) is 0 Å². The van der Waals surface area contributed by atoms with Crippen LogP contribution >= 0.6 is 0 Å². The molecule has 3 aromatic rings. The fraction of sp³-hybridized carbons (Fsp3) is 0.294. The molecule has 2 aromatic carbocycles. The molecule has 0 aliphatic heterocycles. The second-order valence-electron chi connectivity index (χ2n) is 5.16. The Kier molecular flexibility index (Phi) is 2.62. The zero-order valence-electron chi connectivity index (χ0n) is 11.2. The Morgan fingerprint density at radius 3 is 2.61 bits per heavy atom. The average molecular weight is 238 g/mol. The van der Waals surface area contributed by atoms with Crippen LogP contribution in [0, 0.1) is 0 Å². The van der Waals surface area contributed by atoms with E-state index >= 15 is 0 Å². The van der Waals surface area contributed by atoms with Gasteiger partial charge in [0.2, 0.25) is 0 Å². The lowest BCUT2D eigenvalue weighted by molar-refractivity contribution is 0.667. The highest BCUT2D eigenvalue weighted by atomic mass is 16.3. The van der Waals surface area contributed by atoms with E-state index < -0.39 is 0 Å². The fourth-order valence-corrected chi connectivity index (χ4v) is 2.60. The number of hydrogen-bond donors (Lipinski definition) is 0. The van der Waals surface area contributed by atoms with Crippen LogP contribution in [0.3, 0.4) is 0 Å². The van der Waals surface area contributed by atoms with Crippen molar-refractivity contribution in [2.45, 2.75) is 33.1 Å². The van der Waals surface area contributed by atoms with Crippen LogP contribution in [-0.4, -0.2) is 0 Å². The third-order valence-electron chi connectivity index (χ3n) is 3.62. The molecule has 3 rings (SSSR count). The molecule has 1 aromatic heterocycles. The van der Waals surface area contributed by atoms with E-state index in [0.29, 0.717) is 5.92 Å². The summed E-state index contributed by atoms with van der Waals surface area (Å²) in [7, 11) is 0. The van der Waals surface area contributed by atoms with E-state index in [1.165, 1.54) is 21.9 Å². The summed E-state index contributed by atoms with van der Waals surface area (Å²) >= 11 is 0. The molecule has 0 bridgehead atoms. The second kappa shape index (κ2) is 4.16. The van der Waals surface area contributed by atoms with Gasteiger partial charge in [-0.2, -0.15) is 0 Å². The minimum absolute atomic E-state index is 0.514. The third-order valence-corrected chi connectivity index (χ3v) is 3.62. The number of furan rings is 1. The minimum atomic E-state index is 0.514. The molecule has 1 heterocycles. The van der Waals surface area contributed by atoms with Crippen molar-refractivity contribution in [3.8, 4) is 0 Å². The van der Waals surface area contributed by atoms with Gasteiger partial charge in [0, 0.05) is 10.8 Å². The van der Waals surface area contributed by atoms with Crippen molar-refractivity contribution in [2.75, 3.05) is 0 Å². The number of benzene rings is 2. The normalized spacial score (nSPS) is 11.8. The van der Waals surface area contributed by atoms with E-state index in [0.717, 1.165) is 17.6 Å². The maximum atomic E-state index is 5.99. The molecule has 1 nitrogen and oxygen atoms in total. The van der Waals surface area contributed by atoms with E-state index in [2.05, 4.69) is 57.2 Å². The standard InChI is InChI=1S/C17H18O/c1-4-12-8-9-14-16(10-12)18-15-7-5-6-13(11(2)3)17(14)15/h5-11H,4H2,1-3H3. The highest BCUT2D eigenvalue weighted by Crippen LogP contribution is 2.34. The van der Waals surface area contributed by atoms with Crippen molar-refractivity contribution < 1.29 is 4.42 Å². The summed E-state index contributed by atoms with van der Waals surface area (Å²) < 4.78 is 5.99. The molecule has 0 amide bonds. The Morgan fingerprint density at radius 2 is 1.89 bits per heavy atom. The molecule has 0 saturated heterocycles. The quantitative estimate of drug-likeness (QED) is 0.592. The number of aryl methyl sites for hydroxylation is 1. The summed E-state index contributed by atoms with van der Waals surface area (Å²) in [6.07, 6.45) is 1.05. The van der Waals surface area contributed by atoms with Crippen LogP contribution in [0.4, 0.5) is 0 Å². The molecule has 0 unspecified atom stereocenters. The largest absolute Gasteiger partial charge is 0.456 e. The molecule has 0 fully saturated rings. The highest BCUT2D eigenvalue weighted by molar-refractivity contribution is 6.07.